The van der Waals surface area contributed by atoms with Gasteiger partial charge in [-0.05, 0) is 63.6 Å². The van der Waals surface area contributed by atoms with Crippen LogP contribution in [0.3, 0.4) is 0 Å². The van der Waals surface area contributed by atoms with E-state index in [2.05, 4.69) is 78.5 Å². The SMILES string of the molecule is CCn1ccnc1CNc1ccc(I)c(Br)c1. The number of nitrogens with one attached hydrogen (secondary N) is 1. The third kappa shape index (κ3) is 3.22. The van der Waals surface area contributed by atoms with Crippen LogP contribution in [0.1, 0.15) is 12.7 Å². The Labute approximate surface area is 123 Å². The van der Waals surface area contributed by atoms with Gasteiger partial charge in [-0.3, -0.25) is 0 Å². The van der Waals surface area contributed by atoms with Crippen LogP contribution in [0.25, 0.3) is 0 Å². The zero-order valence-corrected chi connectivity index (χ0v) is 13.2. The summed E-state index contributed by atoms with van der Waals surface area (Å²) < 4.78 is 4.46. The van der Waals surface area contributed by atoms with Crippen molar-refractivity contribution in [3.63, 3.8) is 0 Å². The summed E-state index contributed by atoms with van der Waals surface area (Å²) in [5.41, 5.74) is 1.10. The van der Waals surface area contributed by atoms with Crippen molar-refractivity contribution in [1.29, 1.82) is 0 Å². The third-order valence-corrected chi connectivity index (χ3v) is 4.85. The molecule has 0 bridgehead atoms. The smallest absolute Gasteiger partial charge is 0.128 e. The fourth-order valence-corrected chi connectivity index (χ4v) is 2.30. The van der Waals surface area contributed by atoms with Gasteiger partial charge < -0.3 is 9.88 Å². The maximum Gasteiger partial charge on any atom is 0.128 e. The van der Waals surface area contributed by atoms with E-state index >= 15 is 0 Å². The molecule has 0 aliphatic rings. The van der Waals surface area contributed by atoms with Crippen LogP contribution >= 0.6 is 38.5 Å². The van der Waals surface area contributed by atoms with Gasteiger partial charge in [-0.1, -0.05) is 0 Å². The molecule has 0 unspecified atom stereocenters. The zero-order chi connectivity index (χ0) is 12.3. The molecule has 2 aromatic rings. The van der Waals surface area contributed by atoms with E-state index in [1.807, 2.05) is 12.4 Å². The number of hydrogen-bond acceptors (Lipinski definition) is 2. The highest BCUT2D eigenvalue weighted by Crippen LogP contribution is 2.23. The van der Waals surface area contributed by atoms with E-state index in [1.165, 1.54) is 3.57 Å². The van der Waals surface area contributed by atoms with Crippen molar-refractivity contribution in [1.82, 2.24) is 9.55 Å². The van der Waals surface area contributed by atoms with Crippen molar-refractivity contribution in [2.45, 2.75) is 20.0 Å². The summed E-state index contributed by atoms with van der Waals surface area (Å²) in [4.78, 5) is 4.33. The lowest BCUT2D eigenvalue weighted by Crippen LogP contribution is -2.07. The van der Waals surface area contributed by atoms with Crippen LogP contribution in [0.4, 0.5) is 5.69 Å². The fourth-order valence-electron chi connectivity index (χ4n) is 1.58. The molecule has 0 aliphatic carbocycles. The van der Waals surface area contributed by atoms with Gasteiger partial charge in [-0.25, -0.2) is 4.98 Å². The molecule has 1 N–H and O–H groups in total. The molecule has 0 radical (unpaired) electrons. The molecule has 0 saturated heterocycles. The second kappa shape index (κ2) is 5.86. The van der Waals surface area contributed by atoms with Gasteiger partial charge in [0.25, 0.3) is 0 Å². The summed E-state index contributed by atoms with van der Waals surface area (Å²) in [5, 5.41) is 3.37. The zero-order valence-electron chi connectivity index (χ0n) is 9.45. The fraction of sp³-hybridized carbons (Fsp3) is 0.250. The monoisotopic (exact) mass is 405 g/mol. The molecular formula is C12H13BrIN3. The Morgan fingerprint density at radius 1 is 1.47 bits per heavy atom. The van der Waals surface area contributed by atoms with Crippen LogP contribution in [0.15, 0.2) is 35.1 Å². The normalized spacial score (nSPS) is 10.5. The quantitative estimate of drug-likeness (QED) is 0.782. The van der Waals surface area contributed by atoms with Crippen molar-refractivity contribution in [3.8, 4) is 0 Å². The van der Waals surface area contributed by atoms with Crippen LogP contribution < -0.4 is 5.32 Å². The molecule has 2 rings (SSSR count). The van der Waals surface area contributed by atoms with Gasteiger partial charge >= 0.3 is 0 Å². The van der Waals surface area contributed by atoms with Crippen molar-refractivity contribution in [2.24, 2.45) is 0 Å². The molecule has 0 amide bonds. The molecule has 0 aliphatic heterocycles. The maximum absolute atomic E-state index is 4.33. The molecule has 1 heterocycles. The van der Waals surface area contributed by atoms with Crippen LogP contribution in [0.5, 0.6) is 0 Å². The van der Waals surface area contributed by atoms with Gasteiger partial charge in [0.1, 0.15) is 5.82 Å². The van der Waals surface area contributed by atoms with Crippen molar-refractivity contribution in [2.75, 3.05) is 5.32 Å². The van der Waals surface area contributed by atoms with E-state index in [0.29, 0.717) is 0 Å². The Morgan fingerprint density at radius 2 is 2.29 bits per heavy atom. The highest BCUT2D eigenvalue weighted by molar-refractivity contribution is 14.1. The maximum atomic E-state index is 4.33. The predicted octanol–water partition coefficient (Wildman–Crippen LogP) is 3.88. The largest absolute Gasteiger partial charge is 0.378 e. The summed E-state index contributed by atoms with van der Waals surface area (Å²) in [6.07, 6.45) is 3.84. The van der Waals surface area contributed by atoms with Gasteiger partial charge in [-0.15, -0.1) is 0 Å². The molecule has 0 saturated carbocycles. The minimum absolute atomic E-state index is 0.744. The van der Waals surface area contributed by atoms with Gasteiger partial charge in [-0.2, -0.15) is 0 Å². The Hall–Kier alpha value is -0.560. The first kappa shape index (κ1) is 12.9. The third-order valence-electron chi connectivity index (χ3n) is 2.51. The van der Waals surface area contributed by atoms with Gasteiger partial charge in [0.15, 0.2) is 0 Å². The summed E-state index contributed by atoms with van der Waals surface area (Å²) in [6, 6.07) is 6.24. The predicted molar refractivity (Wildman–Crippen MR) is 82.1 cm³/mol. The standard InChI is InChI=1S/C12H13BrIN3/c1-2-17-6-5-15-12(17)8-16-9-3-4-11(14)10(13)7-9/h3-7,16H,2,8H2,1H3. The van der Waals surface area contributed by atoms with Crippen LogP contribution in [0.2, 0.25) is 0 Å². The van der Waals surface area contributed by atoms with E-state index < -0.39 is 0 Å². The average Bonchev–Trinajstić information content (AvgIpc) is 2.78. The van der Waals surface area contributed by atoms with Gasteiger partial charge in [0, 0.05) is 32.7 Å². The van der Waals surface area contributed by atoms with Crippen LogP contribution in [-0.4, -0.2) is 9.55 Å². The minimum Gasteiger partial charge on any atom is -0.378 e. The minimum atomic E-state index is 0.744. The van der Waals surface area contributed by atoms with Gasteiger partial charge in [0.2, 0.25) is 0 Å². The first-order chi connectivity index (χ1) is 8.20. The average molecular weight is 406 g/mol. The van der Waals surface area contributed by atoms with E-state index in [9.17, 15) is 0 Å². The number of benzene rings is 1. The Bertz CT molecular complexity index is 510. The second-order valence-electron chi connectivity index (χ2n) is 3.61. The van der Waals surface area contributed by atoms with E-state index in [-0.39, 0.29) is 0 Å². The molecule has 17 heavy (non-hydrogen) atoms. The first-order valence-corrected chi connectivity index (χ1v) is 7.27. The van der Waals surface area contributed by atoms with E-state index in [0.717, 1.165) is 29.1 Å². The topological polar surface area (TPSA) is 29.9 Å². The summed E-state index contributed by atoms with van der Waals surface area (Å²) in [7, 11) is 0. The molecular weight excluding hydrogens is 393 g/mol. The molecule has 3 nitrogen and oxygen atoms in total. The molecule has 0 spiro atoms. The molecule has 5 heteroatoms. The van der Waals surface area contributed by atoms with E-state index in [4.69, 9.17) is 0 Å². The molecule has 1 aromatic heterocycles. The summed E-state index contributed by atoms with van der Waals surface area (Å²) in [5.74, 6) is 1.06. The number of hydrogen-bond donors (Lipinski definition) is 1. The highest BCUT2D eigenvalue weighted by atomic mass is 127. The summed E-state index contributed by atoms with van der Waals surface area (Å²) >= 11 is 5.82. The Balaban J connectivity index is 2.05. The number of aromatic nitrogens is 2. The molecule has 0 fully saturated rings. The van der Waals surface area contributed by atoms with Gasteiger partial charge in [0.05, 0.1) is 6.54 Å². The lowest BCUT2D eigenvalue weighted by Gasteiger charge is -2.08. The number of halogens is 2. The second-order valence-corrected chi connectivity index (χ2v) is 5.63. The molecule has 0 atom stereocenters. The van der Waals surface area contributed by atoms with Crippen molar-refractivity contribution in [3.05, 3.63) is 44.5 Å². The first-order valence-electron chi connectivity index (χ1n) is 5.39. The van der Waals surface area contributed by atoms with Crippen molar-refractivity contribution >= 4 is 44.2 Å². The molecule has 1 aromatic carbocycles. The Morgan fingerprint density at radius 3 is 3.00 bits per heavy atom. The van der Waals surface area contributed by atoms with Crippen LogP contribution in [0, 0.1) is 3.57 Å². The number of aryl methyl sites for hydroxylation is 1. The molecule has 90 valence electrons. The number of anilines is 1. The highest BCUT2D eigenvalue weighted by Gasteiger charge is 2.02. The van der Waals surface area contributed by atoms with Crippen molar-refractivity contribution < 1.29 is 0 Å². The number of nitrogens with zero attached hydrogens (tertiary/aromatic N) is 2. The number of rotatable bonds is 4. The lowest BCUT2D eigenvalue weighted by atomic mass is 10.3. The lowest BCUT2D eigenvalue weighted by molar-refractivity contribution is 0.708. The van der Waals surface area contributed by atoms with E-state index in [1.54, 1.807) is 0 Å². The summed E-state index contributed by atoms with van der Waals surface area (Å²) in [6.45, 7) is 3.81. The number of imidazole rings is 1. The van der Waals surface area contributed by atoms with Crippen LogP contribution in [-0.2, 0) is 13.1 Å². The Kier molecular flexibility index (Phi) is 4.44.